The highest BCUT2D eigenvalue weighted by atomic mass is 35.5. The average Bonchev–Trinajstić information content (AvgIpc) is 2.62. The molecule has 26 heavy (non-hydrogen) atoms. The average molecular weight is 390 g/mol. The van der Waals surface area contributed by atoms with Crippen LogP contribution in [0.25, 0.3) is 0 Å². The number of benzene rings is 2. The van der Waals surface area contributed by atoms with E-state index in [1.165, 1.54) is 11.8 Å². The predicted molar refractivity (Wildman–Crippen MR) is 108 cm³/mol. The lowest BCUT2D eigenvalue weighted by atomic mass is 9.99. The van der Waals surface area contributed by atoms with Gasteiger partial charge < -0.3 is 16.0 Å². The van der Waals surface area contributed by atoms with Crippen molar-refractivity contribution in [2.75, 3.05) is 22.5 Å². The van der Waals surface area contributed by atoms with Crippen molar-refractivity contribution in [3.8, 4) is 0 Å². The highest BCUT2D eigenvalue weighted by Crippen LogP contribution is 2.38. The van der Waals surface area contributed by atoms with E-state index in [1.54, 1.807) is 4.90 Å². The molecule has 2 amide bonds. The second-order valence-corrected chi connectivity index (χ2v) is 7.53. The number of nitrogens with two attached hydrogens (primary N) is 1. The van der Waals surface area contributed by atoms with Crippen LogP contribution in [-0.2, 0) is 16.0 Å². The molecule has 3 N–H and O–H groups in total. The van der Waals surface area contributed by atoms with Crippen molar-refractivity contribution < 1.29 is 9.59 Å². The topological polar surface area (TPSA) is 75.4 Å². The van der Waals surface area contributed by atoms with Gasteiger partial charge in [0.2, 0.25) is 11.8 Å². The zero-order chi connectivity index (χ0) is 17.4. The molecule has 2 aliphatic heterocycles. The third-order valence-electron chi connectivity index (χ3n) is 4.65. The van der Waals surface area contributed by atoms with Crippen LogP contribution in [0.2, 0.25) is 0 Å². The fourth-order valence-corrected chi connectivity index (χ4v) is 4.51. The lowest BCUT2D eigenvalue weighted by Crippen LogP contribution is -2.40. The van der Waals surface area contributed by atoms with E-state index in [4.69, 9.17) is 5.73 Å². The fourth-order valence-electron chi connectivity index (χ4n) is 3.41. The smallest absolute Gasteiger partial charge is 0.238 e. The minimum atomic E-state index is -0.408. The summed E-state index contributed by atoms with van der Waals surface area (Å²) in [5, 5.41) is 2.49. The van der Waals surface area contributed by atoms with Gasteiger partial charge in [0.25, 0.3) is 0 Å². The lowest BCUT2D eigenvalue weighted by Gasteiger charge is -2.32. The van der Waals surface area contributed by atoms with Gasteiger partial charge in [0, 0.05) is 29.2 Å². The summed E-state index contributed by atoms with van der Waals surface area (Å²) >= 11 is 1.46. The van der Waals surface area contributed by atoms with E-state index in [1.807, 2.05) is 42.5 Å². The predicted octanol–water partition coefficient (Wildman–Crippen LogP) is 3.47. The van der Waals surface area contributed by atoms with E-state index < -0.39 is 5.25 Å². The summed E-state index contributed by atoms with van der Waals surface area (Å²) < 4.78 is 0. The van der Waals surface area contributed by atoms with Crippen LogP contribution < -0.4 is 16.0 Å². The molecule has 2 aliphatic rings. The molecule has 2 aromatic carbocycles. The van der Waals surface area contributed by atoms with Crippen LogP contribution >= 0.6 is 24.2 Å². The number of thioether (sulfide) groups is 1. The molecule has 0 aliphatic carbocycles. The molecule has 0 saturated heterocycles. The van der Waals surface area contributed by atoms with E-state index in [-0.39, 0.29) is 30.6 Å². The molecule has 1 unspecified atom stereocenters. The van der Waals surface area contributed by atoms with Gasteiger partial charge in [0.05, 0.1) is 10.9 Å². The third-order valence-corrected chi connectivity index (χ3v) is 5.93. The van der Waals surface area contributed by atoms with E-state index >= 15 is 0 Å². The molecule has 0 aromatic heterocycles. The van der Waals surface area contributed by atoms with Crippen LogP contribution in [0.4, 0.5) is 17.1 Å². The number of carbonyl (C=O) groups is 2. The number of carbonyl (C=O) groups excluding carboxylic acids is 2. The molecule has 136 valence electrons. The maximum atomic E-state index is 12.9. The Morgan fingerprint density at radius 2 is 2.04 bits per heavy atom. The molecule has 4 rings (SSSR count). The van der Waals surface area contributed by atoms with E-state index in [2.05, 4.69) is 5.32 Å². The second kappa shape index (κ2) is 7.60. The number of nitrogen functional groups attached to an aromatic ring is 1. The molecule has 0 fully saturated rings. The van der Waals surface area contributed by atoms with Crippen LogP contribution in [0.5, 0.6) is 0 Å². The first-order chi connectivity index (χ1) is 12.1. The van der Waals surface area contributed by atoms with Crippen molar-refractivity contribution >= 4 is 53.0 Å². The lowest BCUT2D eigenvalue weighted by molar-refractivity contribution is -0.122. The molecule has 0 radical (unpaired) electrons. The van der Waals surface area contributed by atoms with Gasteiger partial charge in [-0.15, -0.1) is 24.2 Å². The summed E-state index contributed by atoms with van der Waals surface area (Å²) in [6.45, 7) is 0.672. The molecule has 2 aromatic rings. The summed E-state index contributed by atoms with van der Waals surface area (Å²) in [5.41, 5.74) is 9.53. The maximum absolute atomic E-state index is 12.9. The van der Waals surface area contributed by atoms with Crippen molar-refractivity contribution in [3.63, 3.8) is 0 Å². The van der Waals surface area contributed by atoms with Crippen molar-refractivity contribution in [2.45, 2.75) is 29.4 Å². The van der Waals surface area contributed by atoms with Gasteiger partial charge in [-0.1, -0.05) is 18.2 Å². The third kappa shape index (κ3) is 3.39. The Bertz CT molecular complexity index is 858. The normalized spacial score (nSPS) is 18.2. The number of fused-ring (bicyclic) bond motifs is 2. The summed E-state index contributed by atoms with van der Waals surface area (Å²) in [6, 6.07) is 13.3. The van der Waals surface area contributed by atoms with Crippen LogP contribution in [0.3, 0.4) is 0 Å². The quantitative estimate of drug-likeness (QED) is 0.771. The molecule has 2 heterocycles. The Hall–Kier alpha value is -2.18. The number of rotatable bonds is 2. The highest BCUT2D eigenvalue weighted by Gasteiger charge is 2.32. The van der Waals surface area contributed by atoms with Gasteiger partial charge in [-0.05, 0) is 42.7 Å². The number of hydrogen-bond donors (Lipinski definition) is 2. The SMILES string of the molecule is Cl.Nc1cccc2c1CCCN2C(=O)CC1Sc2ccccc2NC1=O. The summed E-state index contributed by atoms with van der Waals surface area (Å²) in [7, 11) is 0. The van der Waals surface area contributed by atoms with Crippen LogP contribution in [0.15, 0.2) is 47.4 Å². The minimum Gasteiger partial charge on any atom is -0.398 e. The van der Waals surface area contributed by atoms with Crippen LogP contribution in [0.1, 0.15) is 18.4 Å². The molecule has 7 heteroatoms. The Morgan fingerprint density at radius 1 is 1.23 bits per heavy atom. The Labute approximate surface area is 162 Å². The number of para-hydroxylation sites is 1. The van der Waals surface area contributed by atoms with Gasteiger partial charge in [0.15, 0.2) is 0 Å². The largest absolute Gasteiger partial charge is 0.398 e. The molecule has 1 atom stereocenters. The molecule has 0 bridgehead atoms. The zero-order valence-electron chi connectivity index (χ0n) is 14.1. The van der Waals surface area contributed by atoms with Gasteiger partial charge >= 0.3 is 0 Å². The molecule has 0 saturated carbocycles. The summed E-state index contributed by atoms with van der Waals surface area (Å²) in [5.74, 6) is -0.138. The summed E-state index contributed by atoms with van der Waals surface area (Å²) in [6.07, 6.45) is 1.96. The number of anilines is 3. The maximum Gasteiger partial charge on any atom is 0.238 e. The molecular formula is C19H20ClN3O2S. The fraction of sp³-hybridized carbons (Fsp3) is 0.263. The van der Waals surface area contributed by atoms with Gasteiger partial charge in [0.1, 0.15) is 0 Å². The molecular weight excluding hydrogens is 370 g/mol. The van der Waals surface area contributed by atoms with Crippen molar-refractivity contribution in [1.29, 1.82) is 0 Å². The van der Waals surface area contributed by atoms with Gasteiger partial charge in [-0.2, -0.15) is 0 Å². The highest BCUT2D eigenvalue weighted by molar-refractivity contribution is 8.01. The second-order valence-electron chi connectivity index (χ2n) is 6.29. The first-order valence-electron chi connectivity index (χ1n) is 8.38. The van der Waals surface area contributed by atoms with Crippen molar-refractivity contribution in [3.05, 3.63) is 48.0 Å². The first kappa shape index (κ1) is 18.6. The standard InChI is InChI=1S/C19H19N3O2S.ClH/c20-13-6-3-8-15-12(13)5-4-10-22(15)18(23)11-17-19(24)21-14-7-1-2-9-16(14)25-17;/h1-3,6-9,17H,4-5,10-11,20H2,(H,21,24);1H. The molecule has 0 spiro atoms. The Kier molecular flexibility index (Phi) is 5.44. The van der Waals surface area contributed by atoms with Gasteiger partial charge in [-0.3, -0.25) is 9.59 Å². The number of amides is 2. The number of nitrogens with one attached hydrogen (secondary N) is 1. The monoisotopic (exact) mass is 389 g/mol. The van der Waals surface area contributed by atoms with Crippen LogP contribution in [0, 0.1) is 0 Å². The van der Waals surface area contributed by atoms with Gasteiger partial charge in [-0.25, -0.2) is 0 Å². The Morgan fingerprint density at radius 3 is 2.88 bits per heavy atom. The number of nitrogens with zero attached hydrogens (tertiary/aromatic N) is 1. The van der Waals surface area contributed by atoms with Crippen molar-refractivity contribution in [1.82, 2.24) is 0 Å². The summed E-state index contributed by atoms with van der Waals surface area (Å²) in [4.78, 5) is 28.0. The minimum absolute atomic E-state index is 0. The zero-order valence-corrected chi connectivity index (χ0v) is 15.7. The van der Waals surface area contributed by atoms with E-state index in [0.717, 1.165) is 40.4 Å². The van der Waals surface area contributed by atoms with E-state index in [9.17, 15) is 9.59 Å². The number of hydrogen-bond acceptors (Lipinski definition) is 4. The molecule has 5 nitrogen and oxygen atoms in total. The van der Waals surface area contributed by atoms with Crippen molar-refractivity contribution in [2.24, 2.45) is 0 Å². The van der Waals surface area contributed by atoms with E-state index in [0.29, 0.717) is 6.54 Å². The Balaban J connectivity index is 0.00000196. The number of halogens is 1. The van der Waals surface area contributed by atoms with Crippen LogP contribution in [-0.4, -0.2) is 23.6 Å². The first-order valence-corrected chi connectivity index (χ1v) is 9.26.